The summed E-state index contributed by atoms with van der Waals surface area (Å²) >= 11 is 0. The van der Waals surface area contributed by atoms with Crippen molar-refractivity contribution in [3.8, 4) is 0 Å². The minimum absolute atomic E-state index is 0. The van der Waals surface area contributed by atoms with Gasteiger partial charge in [-0.05, 0) is 25.3 Å². The second-order valence-electron chi connectivity index (χ2n) is 5.71. The van der Waals surface area contributed by atoms with E-state index in [-0.39, 0.29) is 24.8 Å². The Labute approximate surface area is 142 Å². The summed E-state index contributed by atoms with van der Waals surface area (Å²) in [6.07, 6.45) is 4.05. The molecule has 2 aromatic rings. The highest BCUT2D eigenvalue weighted by Gasteiger charge is 2.36. The van der Waals surface area contributed by atoms with Crippen molar-refractivity contribution in [1.29, 1.82) is 0 Å². The molecule has 1 aliphatic rings. The lowest BCUT2D eigenvalue weighted by atomic mass is 9.98. The van der Waals surface area contributed by atoms with E-state index in [1.807, 2.05) is 31.2 Å². The summed E-state index contributed by atoms with van der Waals surface area (Å²) in [5.74, 6) is 1.02. The first-order valence-corrected chi connectivity index (χ1v) is 7.04. The van der Waals surface area contributed by atoms with Crippen LogP contribution in [0.15, 0.2) is 28.8 Å². The summed E-state index contributed by atoms with van der Waals surface area (Å²) in [5.41, 5.74) is 14.2. The molecule has 0 amide bonds. The molecule has 1 aromatic heterocycles. The van der Waals surface area contributed by atoms with E-state index in [4.69, 9.17) is 16.0 Å². The minimum atomic E-state index is -0.436. The molecular weight excluding hydrogens is 323 g/mol. The van der Waals surface area contributed by atoms with Gasteiger partial charge in [-0.25, -0.2) is 0 Å². The zero-order valence-corrected chi connectivity index (χ0v) is 14.1. The highest BCUT2D eigenvalue weighted by Crippen LogP contribution is 2.35. The molecule has 1 aromatic carbocycles. The van der Waals surface area contributed by atoms with E-state index in [1.165, 1.54) is 5.56 Å². The fourth-order valence-electron chi connectivity index (χ4n) is 2.71. The largest absolute Gasteiger partial charge is 0.337 e. The zero-order chi connectivity index (χ0) is 14.2. The Morgan fingerprint density at radius 1 is 1.14 bits per heavy atom. The van der Waals surface area contributed by atoms with E-state index in [2.05, 4.69) is 10.1 Å². The number of aromatic nitrogens is 2. The topological polar surface area (TPSA) is 91.0 Å². The molecule has 0 bridgehead atoms. The summed E-state index contributed by atoms with van der Waals surface area (Å²) in [4.78, 5) is 4.43. The highest BCUT2D eigenvalue weighted by atomic mass is 35.5. The molecule has 3 rings (SSSR count). The van der Waals surface area contributed by atoms with E-state index in [0.717, 1.165) is 31.2 Å². The Morgan fingerprint density at radius 3 is 2.32 bits per heavy atom. The predicted molar refractivity (Wildman–Crippen MR) is 90.3 cm³/mol. The molecule has 1 unspecified atom stereocenters. The molecular formula is C15H22Cl2N4O. The highest BCUT2D eigenvalue weighted by molar-refractivity contribution is 5.85. The Bertz CT molecular complexity index is 594. The quantitative estimate of drug-likeness (QED) is 0.892. The van der Waals surface area contributed by atoms with Gasteiger partial charge in [0.05, 0.1) is 5.54 Å². The zero-order valence-electron chi connectivity index (χ0n) is 12.5. The average Bonchev–Trinajstić information content (AvgIpc) is 3.08. The lowest BCUT2D eigenvalue weighted by Gasteiger charge is -2.17. The molecule has 22 heavy (non-hydrogen) atoms. The van der Waals surface area contributed by atoms with Gasteiger partial charge in [0.25, 0.3) is 0 Å². The molecule has 0 spiro atoms. The standard InChI is InChI=1S/C15H20N4O.2ClH/c1-10-4-6-11(7-5-10)12(16)13-18-14(19-20-13)15(17)8-2-3-9-15;;/h4-7,12H,2-3,8-9,16-17H2,1H3;2*1H. The van der Waals surface area contributed by atoms with Crippen LogP contribution >= 0.6 is 24.8 Å². The van der Waals surface area contributed by atoms with E-state index in [9.17, 15) is 0 Å². The van der Waals surface area contributed by atoms with Crippen LogP contribution in [-0.2, 0) is 5.54 Å². The van der Waals surface area contributed by atoms with Crippen molar-refractivity contribution in [2.75, 3.05) is 0 Å². The van der Waals surface area contributed by atoms with E-state index < -0.39 is 11.6 Å². The van der Waals surface area contributed by atoms with E-state index >= 15 is 0 Å². The van der Waals surface area contributed by atoms with Gasteiger partial charge in [0.15, 0.2) is 5.82 Å². The maximum Gasteiger partial charge on any atom is 0.248 e. The fourth-order valence-corrected chi connectivity index (χ4v) is 2.71. The predicted octanol–water partition coefficient (Wildman–Crippen LogP) is 3.00. The normalized spacial score (nSPS) is 17.4. The minimum Gasteiger partial charge on any atom is -0.337 e. The number of hydrogen-bond donors (Lipinski definition) is 2. The second-order valence-corrected chi connectivity index (χ2v) is 5.71. The molecule has 1 saturated carbocycles. The van der Waals surface area contributed by atoms with Gasteiger partial charge in [-0.3, -0.25) is 0 Å². The lowest BCUT2D eigenvalue weighted by molar-refractivity contribution is 0.342. The molecule has 0 radical (unpaired) electrons. The van der Waals surface area contributed by atoms with Crippen molar-refractivity contribution in [2.45, 2.75) is 44.2 Å². The van der Waals surface area contributed by atoms with Gasteiger partial charge in [0, 0.05) is 0 Å². The third kappa shape index (κ3) is 3.60. The molecule has 1 heterocycles. The van der Waals surface area contributed by atoms with Crippen LogP contribution in [0.5, 0.6) is 0 Å². The Hall–Kier alpha value is -1.14. The number of benzene rings is 1. The van der Waals surface area contributed by atoms with Gasteiger partial charge in [-0.15, -0.1) is 24.8 Å². The maximum absolute atomic E-state index is 6.33. The van der Waals surface area contributed by atoms with Crippen LogP contribution in [0, 0.1) is 6.92 Å². The lowest BCUT2D eigenvalue weighted by Crippen LogP contribution is -2.34. The molecule has 1 aliphatic carbocycles. The molecule has 0 saturated heterocycles. The molecule has 0 aliphatic heterocycles. The summed E-state index contributed by atoms with van der Waals surface area (Å²) in [6, 6.07) is 7.61. The van der Waals surface area contributed by atoms with Gasteiger partial charge in [-0.2, -0.15) is 4.98 Å². The number of nitrogens with two attached hydrogens (primary N) is 2. The Balaban J connectivity index is 0.00000121. The van der Waals surface area contributed by atoms with Crippen LogP contribution < -0.4 is 11.5 Å². The van der Waals surface area contributed by atoms with Gasteiger partial charge in [-0.1, -0.05) is 47.8 Å². The first-order valence-electron chi connectivity index (χ1n) is 7.04. The smallest absolute Gasteiger partial charge is 0.248 e. The molecule has 7 heteroatoms. The number of nitrogens with zero attached hydrogens (tertiary/aromatic N) is 2. The van der Waals surface area contributed by atoms with Crippen molar-refractivity contribution < 1.29 is 4.52 Å². The monoisotopic (exact) mass is 344 g/mol. The third-order valence-electron chi connectivity index (χ3n) is 4.09. The van der Waals surface area contributed by atoms with Gasteiger partial charge >= 0.3 is 0 Å². The second kappa shape index (κ2) is 7.42. The number of hydrogen-bond acceptors (Lipinski definition) is 5. The first-order chi connectivity index (χ1) is 9.58. The van der Waals surface area contributed by atoms with E-state index in [0.29, 0.717) is 11.7 Å². The Morgan fingerprint density at radius 2 is 1.73 bits per heavy atom. The van der Waals surface area contributed by atoms with Gasteiger partial charge < -0.3 is 16.0 Å². The van der Waals surface area contributed by atoms with Gasteiger partial charge in [0.2, 0.25) is 5.89 Å². The molecule has 122 valence electrons. The van der Waals surface area contributed by atoms with Crippen molar-refractivity contribution in [1.82, 2.24) is 10.1 Å². The van der Waals surface area contributed by atoms with E-state index in [1.54, 1.807) is 0 Å². The summed E-state index contributed by atoms with van der Waals surface area (Å²) in [7, 11) is 0. The molecule has 1 fully saturated rings. The number of halogens is 2. The van der Waals surface area contributed by atoms with Crippen LogP contribution in [0.3, 0.4) is 0 Å². The number of aryl methyl sites for hydroxylation is 1. The summed E-state index contributed by atoms with van der Waals surface area (Å²) in [6.45, 7) is 2.04. The molecule has 5 nitrogen and oxygen atoms in total. The SMILES string of the molecule is Cc1ccc(C(N)c2nc(C3(N)CCCC3)no2)cc1.Cl.Cl. The molecule has 4 N–H and O–H groups in total. The van der Waals surface area contributed by atoms with Crippen LogP contribution in [0.1, 0.15) is 54.6 Å². The molecule has 1 atom stereocenters. The Kier molecular flexibility index (Phi) is 6.38. The maximum atomic E-state index is 6.33. The van der Waals surface area contributed by atoms with Crippen molar-refractivity contribution in [2.24, 2.45) is 11.5 Å². The first kappa shape index (κ1) is 18.9. The summed E-state index contributed by atoms with van der Waals surface area (Å²) in [5, 5.41) is 4.04. The number of rotatable bonds is 3. The van der Waals surface area contributed by atoms with Crippen LogP contribution in [0.2, 0.25) is 0 Å². The average molecular weight is 345 g/mol. The van der Waals surface area contributed by atoms with Crippen molar-refractivity contribution >= 4 is 24.8 Å². The fraction of sp³-hybridized carbons (Fsp3) is 0.467. The van der Waals surface area contributed by atoms with Crippen LogP contribution in [0.25, 0.3) is 0 Å². The van der Waals surface area contributed by atoms with Gasteiger partial charge in [0.1, 0.15) is 6.04 Å². The third-order valence-corrected chi connectivity index (χ3v) is 4.09. The van der Waals surface area contributed by atoms with Crippen molar-refractivity contribution in [3.63, 3.8) is 0 Å². The van der Waals surface area contributed by atoms with Crippen LogP contribution in [0.4, 0.5) is 0 Å². The van der Waals surface area contributed by atoms with Crippen LogP contribution in [-0.4, -0.2) is 10.1 Å². The van der Waals surface area contributed by atoms with Crippen molar-refractivity contribution in [3.05, 3.63) is 47.1 Å². The summed E-state index contributed by atoms with van der Waals surface area (Å²) < 4.78 is 5.32.